The van der Waals surface area contributed by atoms with Gasteiger partial charge in [0.2, 0.25) is 5.88 Å². The van der Waals surface area contributed by atoms with Crippen LogP contribution < -0.4 is 4.74 Å². The molecule has 0 radical (unpaired) electrons. The van der Waals surface area contributed by atoms with Crippen molar-refractivity contribution >= 4 is 11.6 Å². The van der Waals surface area contributed by atoms with Crippen LogP contribution in [0.15, 0.2) is 12.3 Å². The predicted molar refractivity (Wildman–Crippen MR) is 49.6 cm³/mol. The van der Waals surface area contributed by atoms with Crippen LogP contribution in [0.3, 0.4) is 0 Å². The Morgan fingerprint density at radius 1 is 1.62 bits per heavy atom. The minimum Gasteiger partial charge on any atom is -0.476 e. The van der Waals surface area contributed by atoms with Gasteiger partial charge in [-0.05, 0) is 12.5 Å². The maximum absolute atomic E-state index is 13.0. The van der Waals surface area contributed by atoms with E-state index in [1.54, 1.807) is 0 Å². The standard InChI is InChI=1S/C9H11ClFNO/c1-2-3-4-13-9-8(11)5-7(10)6-12-9/h5-6H,2-4H2,1H3. The summed E-state index contributed by atoms with van der Waals surface area (Å²) in [5.74, 6) is -0.485. The quantitative estimate of drug-likeness (QED) is 0.702. The number of rotatable bonds is 4. The van der Waals surface area contributed by atoms with E-state index in [4.69, 9.17) is 16.3 Å². The van der Waals surface area contributed by atoms with Gasteiger partial charge < -0.3 is 4.74 Å². The zero-order valence-electron chi connectivity index (χ0n) is 7.39. The molecule has 4 heteroatoms. The highest BCUT2D eigenvalue weighted by atomic mass is 35.5. The maximum Gasteiger partial charge on any atom is 0.250 e. The highest BCUT2D eigenvalue weighted by molar-refractivity contribution is 6.30. The summed E-state index contributed by atoms with van der Waals surface area (Å²) in [6, 6.07) is 1.19. The fraction of sp³-hybridized carbons (Fsp3) is 0.444. The van der Waals surface area contributed by atoms with Crippen molar-refractivity contribution in [2.24, 2.45) is 0 Å². The normalized spacial score (nSPS) is 10.1. The topological polar surface area (TPSA) is 22.1 Å². The highest BCUT2D eigenvalue weighted by Gasteiger charge is 2.04. The molecule has 0 aliphatic heterocycles. The third kappa shape index (κ3) is 3.19. The molecule has 0 aliphatic rings. The van der Waals surface area contributed by atoms with Gasteiger partial charge >= 0.3 is 0 Å². The third-order valence-corrected chi connectivity index (χ3v) is 1.72. The van der Waals surface area contributed by atoms with Gasteiger partial charge in [0.05, 0.1) is 11.6 Å². The van der Waals surface area contributed by atoms with E-state index in [0.29, 0.717) is 6.61 Å². The van der Waals surface area contributed by atoms with Crippen molar-refractivity contribution in [1.29, 1.82) is 0 Å². The molecular formula is C9H11ClFNO. The smallest absolute Gasteiger partial charge is 0.250 e. The molecule has 1 heterocycles. The average molecular weight is 204 g/mol. The van der Waals surface area contributed by atoms with Crippen molar-refractivity contribution in [3.8, 4) is 5.88 Å². The second-order valence-electron chi connectivity index (χ2n) is 2.64. The summed E-state index contributed by atoms with van der Waals surface area (Å²) in [6.07, 6.45) is 3.27. The summed E-state index contributed by atoms with van der Waals surface area (Å²) < 4.78 is 18.1. The fourth-order valence-corrected chi connectivity index (χ4v) is 0.966. The van der Waals surface area contributed by atoms with E-state index < -0.39 is 5.82 Å². The number of ether oxygens (including phenoxy) is 1. The summed E-state index contributed by atoms with van der Waals surface area (Å²) >= 11 is 5.52. The Hall–Kier alpha value is -0.830. The minimum atomic E-state index is -0.511. The van der Waals surface area contributed by atoms with E-state index in [0.717, 1.165) is 12.8 Å². The lowest BCUT2D eigenvalue weighted by Gasteiger charge is -2.04. The van der Waals surface area contributed by atoms with E-state index >= 15 is 0 Å². The zero-order valence-corrected chi connectivity index (χ0v) is 8.14. The molecule has 0 saturated carbocycles. The largest absolute Gasteiger partial charge is 0.476 e. The van der Waals surface area contributed by atoms with Gasteiger partial charge in [-0.25, -0.2) is 9.37 Å². The molecule has 0 bridgehead atoms. The van der Waals surface area contributed by atoms with Gasteiger partial charge in [0.1, 0.15) is 0 Å². The monoisotopic (exact) mass is 203 g/mol. The van der Waals surface area contributed by atoms with Crippen molar-refractivity contribution in [3.05, 3.63) is 23.1 Å². The van der Waals surface area contributed by atoms with Gasteiger partial charge in [-0.1, -0.05) is 24.9 Å². The number of unbranched alkanes of at least 4 members (excludes halogenated alkanes) is 1. The van der Waals surface area contributed by atoms with Crippen LogP contribution in [0.1, 0.15) is 19.8 Å². The van der Waals surface area contributed by atoms with Gasteiger partial charge in [-0.15, -0.1) is 0 Å². The predicted octanol–water partition coefficient (Wildman–Crippen LogP) is 3.05. The minimum absolute atomic E-state index is 0.0258. The lowest BCUT2D eigenvalue weighted by atomic mass is 10.4. The molecule has 1 rings (SSSR count). The Labute approximate surface area is 81.7 Å². The summed E-state index contributed by atoms with van der Waals surface area (Å²) in [5, 5.41) is 0.278. The number of hydrogen-bond donors (Lipinski definition) is 0. The Morgan fingerprint density at radius 2 is 2.38 bits per heavy atom. The maximum atomic E-state index is 13.0. The van der Waals surface area contributed by atoms with Crippen molar-refractivity contribution < 1.29 is 9.13 Å². The Bertz CT molecular complexity index is 280. The molecular weight excluding hydrogens is 193 g/mol. The van der Waals surface area contributed by atoms with Crippen LogP contribution in [0, 0.1) is 5.82 Å². The molecule has 2 nitrogen and oxygen atoms in total. The first-order valence-electron chi connectivity index (χ1n) is 4.18. The Balaban J connectivity index is 2.56. The first-order chi connectivity index (χ1) is 6.24. The van der Waals surface area contributed by atoms with Crippen LogP contribution in [0.25, 0.3) is 0 Å². The van der Waals surface area contributed by atoms with Crippen molar-refractivity contribution in [3.63, 3.8) is 0 Å². The fourth-order valence-electron chi connectivity index (χ4n) is 0.821. The van der Waals surface area contributed by atoms with Gasteiger partial charge in [-0.3, -0.25) is 0 Å². The van der Waals surface area contributed by atoms with Crippen molar-refractivity contribution in [1.82, 2.24) is 4.98 Å². The lowest BCUT2D eigenvalue weighted by Crippen LogP contribution is -2.00. The Kier molecular flexibility index (Phi) is 3.96. The zero-order chi connectivity index (χ0) is 9.68. The molecule has 0 saturated heterocycles. The van der Waals surface area contributed by atoms with E-state index in [1.807, 2.05) is 6.92 Å². The van der Waals surface area contributed by atoms with Gasteiger partial charge in [0.15, 0.2) is 5.82 Å². The molecule has 0 amide bonds. The molecule has 13 heavy (non-hydrogen) atoms. The molecule has 72 valence electrons. The van der Waals surface area contributed by atoms with Crippen LogP contribution >= 0.6 is 11.6 Å². The molecule has 0 N–H and O–H groups in total. The summed E-state index contributed by atoms with van der Waals surface area (Å²) in [4.78, 5) is 3.72. The van der Waals surface area contributed by atoms with Crippen LogP contribution in [0.2, 0.25) is 5.02 Å². The molecule has 0 atom stereocenters. The molecule has 0 unspecified atom stereocenters. The lowest BCUT2D eigenvalue weighted by molar-refractivity contribution is 0.282. The summed E-state index contributed by atoms with van der Waals surface area (Å²) in [7, 11) is 0. The van der Waals surface area contributed by atoms with E-state index in [1.165, 1.54) is 12.3 Å². The summed E-state index contributed by atoms with van der Waals surface area (Å²) in [6.45, 7) is 2.52. The number of halogens is 2. The number of hydrogen-bond acceptors (Lipinski definition) is 2. The first-order valence-corrected chi connectivity index (χ1v) is 4.55. The number of nitrogens with zero attached hydrogens (tertiary/aromatic N) is 1. The van der Waals surface area contributed by atoms with Gasteiger partial charge in [0.25, 0.3) is 0 Å². The molecule has 1 aromatic rings. The molecule has 0 fully saturated rings. The Morgan fingerprint density at radius 3 is 3.00 bits per heavy atom. The van der Waals surface area contributed by atoms with Crippen molar-refractivity contribution in [2.75, 3.05) is 6.61 Å². The van der Waals surface area contributed by atoms with E-state index in [9.17, 15) is 4.39 Å². The second kappa shape index (κ2) is 5.02. The molecule has 0 aromatic carbocycles. The number of pyridine rings is 1. The summed E-state index contributed by atoms with van der Waals surface area (Å²) in [5.41, 5.74) is 0. The molecule has 0 spiro atoms. The average Bonchev–Trinajstić information content (AvgIpc) is 2.09. The van der Waals surface area contributed by atoms with Gasteiger partial charge in [-0.2, -0.15) is 0 Å². The van der Waals surface area contributed by atoms with E-state index in [2.05, 4.69) is 4.98 Å². The van der Waals surface area contributed by atoms with Crippen molar-refractivity contribution in [2.45, 2.75) is 19.8 Å². The van der Waals surface area contributed by atoms with Crippen LogP contribution in [-0.2, 0) is 0 Å². The van der Waals surface area contributed by atoms with Gasteiger partial charge in [0, 0.05) is 6.20 Å². The third-order valence-electron chi connectivity index (χ3n) is 1.51. The van der Waals surface area contributed by atoms with Crippen LogP contribution in [0.5, 0.6) is 5.88 Å². The SMILES string of the molecule is CCCCOc1ncc(Cl)cc1F. The van der Waals surface area contributed by atoms with Crippen LogP contribution in [0.4, 0.5) is 4.39 Å². The molecule has 0 aliphatic carbocycles. The second-order valence-corrected chi connectivity index (χ2v) is 3.08. The number of aromatic nitrogens is 1. The van der Waals surface area contributed by atoms with Crippen LogP contribution in [-0.4, -0.2) is 11.6 Å². The first kappa shape index (κ1) is 10.3. The van der Waals surface area contributed by atoms with E-state index in [-0.39, 0.29) is 10.9 Å². The highest BCUT2D eigenvalue weighted by Crippen LogP contribution is 2.17. The molecule has 1 aromatic heterocycles.